The highest BCUT2D eigenvalue weighted by molar-refractivity contribution is 6.19. The quantitative estimate of drug-likeness (QED) is 0.552. The van der Waals surface area contributed by atoms with Crippen molar-refractivity contribution < 1.29 is 34.2 Å². The summed E-state index contributed by atoms with van der Waals surface area (Å²) in [6.07, 6.45) is -1.36. The molecule has 0 atom stereocenters. The fourth-order valence-corrected chi connectivity index (χ4v) is 1.02. The highest BCUT2D eigenvalue weighted by Gasteiger charge is 2.34. The first kappa shape index (κ1) is 13.9. The van der Waals surface area contributed by atoms with Gasteiger partial charge in [0.1, 0.15) is 11.6 Å². The van der Waals surface area contributed by atoms with Gasteiger partial charge in [-0.15, -0.1) is 0 Å². The van der Waals surface area contributed by atoms with Crippen LogP contribution in [0.1, 0.15) is 19.8 Å². The standard InChI is InChI=1S/C9H10O7/c1-4(10)2-5(11)3-6(12)7(8(13)14)9(15)16/h7H,2-3H2,1H3,(H,13,14)(H,15,16). The molecule has 0 saturated carbocycles. The molecular formula is C9H10O7. The van der Waals surface area contributed by atoms with Gasteiger partial charge < -0.3 is 10.2 Å². The van der Waals surface area contributed by atoms with Crippen molar-refractivity contribution in [2.45, 2.75) is 19.8 Å². The van der Waals surface area contributed by atoms with Crippen molar-refractivity contribution in [3.63, 3.8) is 0 Å². The van der Waals surface area contributed by atoms with E-state index in [9.17, 15) is 24.0 Å². The Balaban J connectivity index is 4.55. The molecule has 0 rings (SSSR count). The van der Waals surface area contributed by atoms with E-state index in [1.807, 2.05) is 0 Å². The summed E-state index contributed by atoms with van der Waals surface area (Å²) < 4.78 is 0. The van der Waals surface area contributed by atoms with E-state index in [0.29, 0.717) is 0 Å². The Kier molecular flexibility index (Phi) is 5.00. The van der Waals surface area contributed by atoms with Crippen LogP contribution in [0.4, 0.5) is 0 Å². The van der Waals surface area contributed by atoms with Crippen LogP contribution in [0.3, 0.4) is 0 Å². The van der Waals surface area contributed by atoms with Gasteiger partial charge in [-0.05, 0) is 6.92 Å². The highest BCUT2D eigenvalue weighted by atomic mass is 16.4. The molecule has 0 heterocycles. The zero-order valence-corrected chi connectivity index (χ0v) is 8.43. The molecule has 7 heteroatoms. The van der Waals surface area contributed by atoms with Crippen LogP contribution in [0.5, 0.6) is 0 Å². The number of Topliss-reactive ketones (excluding diaryl/α,β-unsaturated/α-hetero) is 3. The first-order valence-electron chi connectivity index (χ1n) is 4.25. The summed E-state index contributed by atoms with van der Waals surface area (Å²) in [4.78, 5) is 53.4. The number of aliphatic carboxylic acids is 2. The Morgan fingerprint density at radius 1 is 0.938 bits per heavy atom. The predicted molar refractivity (Wildman–Crippen MR) is 48.7 cm³/mol. The molecule has 0 radical (unpaired) electrons. The van der Waals surface area contributed by atoms with E-state index in [0.717, 1.165) is 6.92 Å². The zero-order valence-electron chi connectivity index (χ0n) is 8.43. The van der Waals surface area contributed by atoms with Crippen LogP contribution in [0, 0.1) is 5.92 Å². The fraction of sp³-hybridized carbons (Fsp3) is 0.444. The Morgan fingerprint density at radius 3 is 1.69 bits per heavy atom. The van der Waals surface area contributed by atoms with Crippen molar-refractivity contribution in [1.29, 1.82) is 0 Å². The molecule has 88 valence electrons. The normalized spacial score (nSPS) is 9.88. The minimum absolute atomic E-state index is 0.472. The number of ketones is 3. The van der Waals surface area contributed by atoms with Crippen molar-refractivity contribution in [3.8, 4) is 0 Å². The summed E-state index contributed by atoms with van der Waals surface area (Å²) in [5.74, 6) is -8.39. The van der Waals surface area contributed by atoms with E-state index in [4.69, 9.17) is 10.2 Å². The van der Waals surface area contributed by atoms with E-state index in [1.165, 1.54) is 0 Å². The van der Waals surface area contributed by atoms with Crippen molar-refractivity contribution in [2.24, 2.45) is 5.92 Å². The molecule has 0 aromatic carbocycles. The lowest BCUT2D eigenvalue weighted by Gasteiger charge is -2.04. The molecule has 2 N–H and O–H groups in total. The Bertz CT molecular complexity index is 341. The summed E-state index contributed by atoms with van der Waals surface area (Å²) in [5, 5.41) is 16.9. The number of carboxylic acids is 2. The van der Waals surface area contributed by atoms with Crippen LogP contribution < -0.4 is 0 Å². The minimum atomic E-state index is -2.25. The van der Waals surface area contributed by atoms with Crippen LogP contribution in [0.2, 0.25) is 0 Å². The number of carbonyl (C=O) groups excluding carboxylic acids is 3. The van der Waals surface area contributed by atoms with Gasteiger partial charge in [-0.2, -0.15) is 0 Å². The maximum absolute atomic E-state index is 11.1. The minimum Gasteiger partial charge on any atom is -0.480 e. The molecule has 0 fully saturated rings. The van der Waals surface area contributed by atoms with Gasteiger partial charge in [-0.1, -0.05) is 0 Å². The zero-order chi connectivity index (χ0) is 12.9. The third kappa shape index (κ3) is 4.45. The van der Waals surface area contributed by atoms with Crippen LogP contribution in [-0.4, -0.2) is 39.5 Å². The van der Waals surface area contributed by atoms with Gasteiger partial charge in [0, 0.05) is 0 Å². The van der Waals surface area contributed by atoms with E-state index < -0.39 is 48.0 Å². The van der Waals surface area contributed by atoms with Gasteiger partial charge in [-0.25, -0.2) is 0 Å². The monoisotopic (exact) mass is 230 g/mol. The maximum Gasteiger partial charge on any atom is 0.325 e. The van der Waals surface area contributed by atoms with Crippen LogP contribution in [-0.2, 0) is 24.0 Å². The molecule has 0 bridgehead atoms. The van der Waals surface area contributed by atoms with Crippen molar-refractivity contribution in [3.05, 3.63) is 0 Å². The molecule has 0 amide bonds. The lowest BCUT2D eigenvalue weighted by molar-refractivity contribution is -0.157. The van der Waals surface area contributed by atoms with Crippen molar-refractivity contribution >= 4 is 29.3 Å². The number of rotatable bonds is 7. The third-order valence-electron chi connectivity index (χ3n) is 1.63. The van der Waals surface area contributed by atoms with Gasteiger partial charge in [0.2, 0.25) is 5.92 Å². The first-order chi connectivity index (χ1) is 7.25. The number of hydrogen-bond acceptors (Lipinski definition) is 5. The summed E-state index contributed by atoms with van der Waals surface area (Å²) in [7, 11) is 0. The Hall–Kier alpha value is -2.05. The topological polar surface area (TPSA) is 126 Å². The largest absolute Gasteiger partial charge is 0.480 e. The van der Waals surface area contributed by atoms with Gasteiger partial charge in [0.25, 0.3) is 0 Å². The van der Waals surface area contributed by atoms with Crippen LogP contribution in [0.25, 0.3) is 0 Å². The summed E-state index contributed by atoms with van der Waals surface area (Å²) >= 11 is 0. The average molecular weight is 230 g/mol. The third-order valence-corrected chi connectivity index (χ3v) is 1.63. The van der Waals surface area contributed by atoms with Gasteiger partial charge in [0.15, 0.2) is 5.78 Å². The number of hydrogen-bond donors (Lipinski definition) is 2. The lowest BCUT2D eigenvalue weighted by atomic mass is 9.98. The predicted octanol–water partition coefficient (Wildman–Crippen LogP) is -0.721. The Morgan fingerprint density at radius 2 is 1.38 bits per heavy atom. The van der Waals surface area contributed by atoms with Crippen LogP contribution >= 0.6 is 0 Å². The smallest absolute Gasteiger partial charge is 0.325 e. The second kappa shape index (κ2) is 5.74. The molecule has 0 saturated heterocycles. The van der Waals surface area contributed by atoms with Crippen molar-refractivity contribution in [1.82, 2.24) is 0 Å². The average Bonchev–Trinajstić information content (AvgIpc) is 1.98. The second-order valence-electron chi connectivity index (χ2n) is 3.17. The maximum atomic E-state index is 11.1. The molecule has 0 spiro atoms. The molecular weight excluding hydrogens is 220 g/mol. The van der Waals surface area contributed by atoms with Gasteiger partial charge >= 0.3 is 11.9 Å². The van der Waals surface area contributed by atoms with Crippen molar-refractivity contribution in [2.75, 3.05) is 0 Å². The summed E-state index contributed by atoms with van der Waals surface area (Å²) in [6.45, 7) is 1.13. The molecule has 16 heavy (non-hydrogen) atoms. The number of carboxylic acid groups (broad SMARTS) is 2. The SMILES string of the molecule is CC(=O)CC(=O)CC(=O)C(C(=O)O)C(=O)O. The van der Waals surface area contributed by atoms with E-state index in [2.05, 4.69) is 0 Å². The van der Waals surface area contributed by atoms with E-state index in [1.54, 1.807) is 0 Å². The molecule has 0 aliphatic rings. The summed E-state index contributed by atoms with van der Waals surface area (Å²) in [6, 6.07) is 0. The van der Waals surface area contributed by atoms with Crippen LogP contribution in [0.15, 0.2) is 0 Å². The molecule has 0 unspecified atom stereocenters. The fourth-order valence-electron chi connectivity index (χ4n) is 1.02. The van der Waals surface area contributed by atoms with Gasteiger partial charge in [0.05, 0.1) is 12.8 Å². The molecule has 0 aromatic heterocycles. The molecule has 7 nitrogen and oxygen atoms in total. The lowest BCUT2D eigenvalue weighted by Crippen LogP contribution is -2.33. The highest BCUT2D eigenvalue weighted by Crippen LogP contribution is 2.05. The summed E-state index contributed by atoms with van der Waals surface area (Å²) in [5.41, 5.74) is 0. The second-order valence-corrected chi connectivity index (χ2v) is 3.17. The van der Waals surface area contributed by atoms with E-state index >= 15 is 0 Å². The molecule has 0 aliphatic carbocycles. The first-order valence-corrected chi connectivity index (χ1v) is 4.25. The molecule has 0 aliphatic heterocycles. The molecule has 0 aromatic rings. The van der Waals surface area contributed by atoms with E-state index in [-0.39, 0.29) is 0 Å². The van der Waals surface area contributed by atoms with Gasteiger partial charge in [-0.3, -0.25) is 24.0 Å². The Labute approximate surface area is 90.1 Å². The number of carbonyl (C=O) groups is 5.